The minimum Gasteiger partial charge on any atom is -0.507 e. The van der Waals surface area contributed by atoms with Crippen molar-refractivity contribution in [1.82, 2.24) is 5.32 Å². The average molecular weight is 346 g/mol. The third kappa shape index (κ3) is 4.77. The Balaban J connectivity index is 2.38. The average Bonchev–Trinajstić information content (AvgIpc) is 2.60. The topological polar surface area (TPSA) is 102 Å². The van der Waals surface area contributed by atoms with Gasteiger partial charge in [-0.05, 0) is 29.3 Å². The van der Waals surface area contributed by atoms with E-state index in [1.165, 1.54) is 19.2 Å². The molecule has 2 aromatic carbocycles. The van der Waals surface area contributed by atoms with Gasteiger partial charge in [0.15, 0.2) is 0 Å². The number of methoxy groups -OCH3 is 1. The quantitative estimate of drug-likeness (QED) is 0.693. The van der Waals surface area contributed by atoms with Gasteiger partial charge in [-0.3, -0.25) is 9.59 Å². The first-order valence-corrected chi connectivity index (χ1v) is 7.59. The van der Waals surface area contributed by atoms with Gasteiger partial charge in [0.25, 0.3) is 0 Å². The Hall–Kier alpha value is -2.93. The maximum Gasteiger partial charge on any atom is 0.307 e. The van der Waals surface area contributed by atoms with E-state index < -0.39 is 23.7 Å². The summed E-state index contributed by atoms with van der Waals surface area (Å²) in [5.74, 6) is -1.65. The van der Waals surface area contributed by atoms with Crippen molar-refractivity contribution < 1.29 is 23.8 Å². The molecule has 2 aromatic rings. The Morgan fingerprint density at radius 3 is 2.68 bits per heavy atom. The number of halogens is 1. The fourth-order valence-corrected chi connectivity index (χ4v) is 2.43. The number of hydrogen-bond acceptors (Lipinski definition) is 5. The minimum absolute atomic E-state index is 0.0684. The summed E-state index contributed by atoms with van der Waals surface area (Å²) < 4.78 is 17.8. The fraction of sp³-hybridized carbons (Fsp3) is 0.222. The maximum atomic E-state index is 13.2. The number of aromatic hydroxyl groups is 1. The van der Waals surface area contributed by atoms with Crippen molar-refractivity contribution in [3.63, 3.8) is 0 Å². The molecule has 132 valence electrons. The highest BCUT2D eigenvalue weighted by Crippen LogP contribution is 2.31. The van der Waals surface area contributed by atoms with E-state index in [2.05, 4.69) is 10.1 Å². The molecule has 7 heteroatoms. The second kappa shape index (κ2) is 8.25. The monoisotopic (exact) mass is 346 g/mol. The van der Waals surface area contributed by atoms with E-state index in [9.17, 15) is 19.1 Å². The van der Waals surface area contributed by atoms with Crippen LogP contribution in [0, 0.1) is 5.82 Å². The molecular formula is C18H19FN2O4. The summed E-state index contributed by atoms with van der Waals surface area (Å²) in [6, 6.07) is 9.96. The number of benzene rings is 2. The first kappa shape index (κ1) is 18.4. The highest BCUT2D eigenvalue weighted by Gasteiger charge is 2.19. The molecule has 1 atom stereocenters. The molecular weight excluding hydrogens is 327 g/mol. The molecule has 0 aliphatic heterocycles. The second-order valence-electron chi connectivity index (χ2n) is 5.39. The molecule has 4 N–H and O–H groups in total. The Morgan fingerprint density at radius 2 is 2.04 bits per heavy atom. The highest BCUT2D eigenvalue weighted by atomic mass is 19.1. The number of nitrogens with one attached hydrogen (secondary N) is 1. The number of carbonyl (C=O) groups excluding carboxylic acids is 2. The van der Waals surface area contributed by atoms with E-state index >= 15 is 0 Å². The van der Waals surface area contributed by atoms with E-state index in [1.54, 1.807) is 24.3 Å². The molecule has 0 fully saturated rings. The lowest BCUT2D eigenvalue weighted by Crippen LogP contribution is -2.35. The zero-order valence-corrected chi connectivity index (χ0v) is 13.7. The van der Waals surface area contributed by atoms with Crippen LogP contribution in [-0.4, -0.2) is 30.6 Å². The van der Waals surface area contributed by atoms with Gasteiger partial charge in [0, 0.05) is 11.6 Å². The smallest absolute Gasteiger partial charge is 0.307 e. The van der Waals surface area contributed by atoms with Gasteiger partial charge < -0.3 is 20.9 Å². The van der Waals surface area contributed by atoms with Crippen LogP contribution in [0.4, 0.5) is 4.39 Å². The molecule has 0 radical (unpaired) electrons. The number of phenolic OH excluding ortho intramolecular Hbond substituents is 1. The van der Waals surface area contributed by atoms with Crippen LogP contribution in [0.3, 0.4) is 0 Å². The predicted molar refractivity (Wildman–Crippen MR) is 90.1 cm³/mol. The van der Waals surface area contributed by atoms with Crippen LogP contribution >= 0.6 is 0 Å². The summed E-state index contributed by atoms with van der Waals surface area (Å²) in [5.41, 5.74) is 7.01. The maximum absolute atomic E-state index is 13.2. The lowest BCUT2D eigenvalue weighted by atomic mass is 9.97. The van der Waals surface area contributed by atoms with Crippen molar-refractivity contribution in [1.29, 1.82) is 0 Å². The molecule has 0 aromatic heterocycles. The Labute approximate surface area is 144 Å². The molecule has 0 aliphatic carbocycles. The van der Waals surface area contributed by atoms with Gasteiger partial charge in [-0.2, -0.15) is 0 Å². The van der Waals surface area contributed by atoms with Crippen LogP contribution in [0.2, 0.25) is 0 Å². The van der Waals surface area contributed by atoms with Crippen LogP contribution in [0.25, 0.3) is 11.1 Å². The Kier molecular flexibility index (Phi) is 6.08. The number of carbonyl (C=O) groups is 2. The van der Waals surface area contributed by atoms with E-state index in [-0.39, 0.29) is 18.7 Å². The van der Waals surface area contributed by atoms with Gasteiger partial charge in [-0.1, -0.05) is 18.2 Å². The molecule has 0 saturated heterocycles. The van der Waals surface area contributed by atoms with Crippen LogP contribution in [0.15, 0.2) is 42.5 Å². The molecule has 0 saturated carbocycles. The van der Waals surface area contributed by atoms with Gasteiger partial charge in [0.2, 0.25) is 5.91 Å². The van der Waals surface area contributed by atoms with Crippen LogP contribution in [0.1, 0.15) is 18.0 Å². The van der Waals surface area contributed by atoms with Crippen LogP contribution in [0.5, 0.6) is 5.75 Å². The largest absolute Gasteiger partial charge is 0.507 e. The highest BCUT2D eigenvalue weighted by molar-refractivity contribution is 5.80. The van der Waals surface area contributed by atoms with Crippen molar-refractivity contribution in [3.05, 3.63) is 53.8 Å². The van der Waals surface area contributed by atoms with Crippen LogP contribution < -0.4 is 11.1 Å². The van der Waals surface area contributed by atoms with Gasteiger partial charge in [0.1, 0.15) is 11.6 Å². The number of esters is 1. The number of nitrogens with two attached hydrogens (primary N) is 1. The van der Waals surface area contributed by atoms with Crippen molar-refractivity contribution in [2.45, 2.75) is 12.5 Å². The zero-order valence-electron chi connectivity index (χ0n) is 13.7. The lowest BCUT2D eigenvalue weighted by Gasteiger charge is -2.19. The van der Waals surface area contributed by atoms with Crippen LogP contribution in [-0.2, 0) is 14.3 Å². The van der Waals surface area contributed by atoms with Gasteiger partial charge in [-0.15, -0.1) is 0 Å². The van der Waals surface area contributed by atoms with E-state index in [0.29, 0.717) is 16.7 Å². The molecule has 2 rings (SSSR count). The Morgan fingerprint density at radius 1 is 1.28 bits per heavy atom. The summed E-state index contributed by atoms with van der Waals surface area (Å²) >= 11 is 0. The van der Waals surface area contributed by atoms with E-state index in [1.807, 2.05) is 0 Å². The standard InChI is InChI=1S/C18H19FN2O4/c1-25-18(24)9-15(21-17(23)10-20)12-4-2-3-11(7-12)14-6-5-13(19)8-16(14)22/h2-8,15,22H,9-10,20H2,1H3,(H,21,23). The predicted octanol–water partition coefficient (Wildman–Crippen LogP) is 1.88. The van der Waals surface area contributed by atoms with Crippen molar-refractivity contribution in [2.75, 3.05) is 13.7 Å². The molecule has 6 nitrogen and oxygen atoms in total. The molecule has 25 heavy (non-hydrogen) atoms. The van der Waals surface area contributed by atoms with E-state index in [4.69, 9.17) is 5.73 Å². The Bertz CT molecular complexity index is 761. The lowest BCUT2D eigenvalue weighted by molar-refractivity contribution is -0.141. The summed E-state index contributed by atoms with van der Waals surface area (Å²) in [6.45, 7) is -0.212. The number of amides is 1. The zero-order chi connectivity index (χ0) is 18.4. The van der Waals surface area contributed by atoms with Gasteiger partial charge >= 0.3 is 5.97 Å². The summed E-state index contributed by atoms with van der Waals surface area (Å²) in [7, 11) is 1.26. The first-order chi connectivity index (χ1) is 11.9. The SMILES string of the molecule is COC(=O)CC(NC(=O)CN)c1cccc(-c2ccc(F)cc2O)c1. The van der Waals surface area contributed by atoms with E-state index in [0.717, 1.165) is 6.07 Å². The van der Waals surface area contributed by atoms with Gasteiger partial charge in [-0.25, -0.2) is 4.39 Å². The van der Waals surface area contributed by atoms with Crippen molar-refractivity contribution in [3.8, 4) is 16.9 Å². The first-order valence-electron chi connectivity index (χ1n) is 7.59. The third-order valence-corrected chi connectivity index (χ3v) is 3.68. The molecule has 0 spiro atoms. The second-order valence-corrected chi connectivity index (χ2v) is 5.39. The molecule has 0 aliphatic rings. The van der Waals surface area contributed by atoms with Crippen molar-refractivity contribution >= 4 is 11.9 Å². The number of phenols is 1. The summed E-state index contributed by atoms with van der Waals surface area (Å²) in [6.07, 6.45) is -0.0684. The van der Waals surface area contributed by atoms with Gasteiger partial charge in [0.05, 0.1) is 26.1 Å². The summed E-state index contributed by atoms with van der Waals surface area (Å²) in [4.78, 5) is 23.3. The minimum atomic E-state index is -0.633. The normalized spacial score (nSPS) is 11.6. The summed E-state index contributed by atoms with van der Waals surface area (Å²) in [5, 5.41) is 12.6. The molecule has 0 bridgehead atoms. The number of ether oxygens (including phenoxy) is 1. The number of rotatable bonds is 6. The molecule has 1 amide bonds. The molecule has 1 unspecified atom stereocenters. The fourth-order valence-electron chi connectivity index (χ4n) is 2.43. The third-order valence-electron chi connectivity index (χ3n) is 3.68. The van der Waals surface area contributed by atoms with Crippen molar-refractivity contribution in [2.24, 2.45) is 5.73 Å². The number of hydrogen-bond donors (Lipinski definition) is 3. The molecule has 0 heterocycles.